The van der Waals surface area contributed by atoms with E-state index in [-0.39, 0.29) is 0 Å². The predicted molar refractivity (Wildman–Crippen MR) is 57.7 cm³/mol. The second-order valence-corrected chi connectivity index (χ2v) is 4.30. The van der Waals surface area contributed by atoms with Crippen molar-refractivity contribution in [3.05, 3.63) is 0 Å². The van der Waals surface area contributed by atoms with Crippen LogP contribution in [0, 0.1) is 0 Å². The van der Waals surface area contributed by atoms with Crippen LogP contribution in [0.2, 0.25) is 0 Å². The Bertz CT molecular complexity index is 490. The lowest BCUT2D eigenvalue weighted by molar-refractivity contribution is -0.225. The van der Waals surface area contributed by atoms with Crippen molar-refractivity contribution in [3.8, 4) is 0 Å². The quantitative estimate of drug-likeness (QED) is 0.474. The summed E-state index contributed by atoms with van der Waals surface area (Å²) in [5.74, 6) is -2.99. The molecular weight excluding hydrogens is 263 g/mol. The summed E-state index contributed by atoms with van der Waals surface area (Å²) in [5, 5.41) is 29.9. The number of hydrogen-bond donors (Lipinski definition) is 3. The van der Waals surface area contributed by atoms with Crippen LogP contribution >= 0.6 is 0 Å². The number of alkyl halides is 1. The third-order valence-electron chi connectivity index (χ3n) is 2.98. The fourth-order valence-corrected chi connectivity index (χ4v) is 2.06. The number of aldehydes is 3. The van der Waals surface area contributed by atoms with Crippen LogP contribution in [-0.4, -0.2) is 63.9 Å². The van der Waals surface area contributed by atoms with Gasteiger partial charge in [-0.15, -0.1) is 0 Å². The Morgan fingerprint density at radius 3 is 2.32 bits per heavy atom. The molecule has 0 spiro atoms. The van der Waals surface area contributed by atoms with Gasteiger partial charge < -0.3 is 34.4 Å². The van der Waals surface area contributed by atoms with Crippen molar-refractivity contribution in [3.63, 3.8) is 0 Å². The number of halogens is 1. The molecule has 1 rings (SSSR count). The first-order valence-corrected chi connectivity index (χ1v) is 5.35. The fourth-order valence-electron chi connectivity index (χ4n) is 2.06. The molecule has 0 saturated carbocycles. The van der Waals surface area contributed by atoms with Crippen LogP contribution in [-0.2, 0) is 19.1 Å². The second kappa shape index (κ2) is 5.83. The minimum absolute atomic E-state index is 0.892. The lowest BCUT2D eigenvalue weighted by atomic mass is 9.84. The Balaban J connectivity index is 3.18. The Kier molecular flexibility index (Phi) is 3.56. The van der Waals surface area contributed by atoms with E-state index in [2.05, 4.69) is 0 Å². The normalized spacial score (nSPS) is 42.0. The zero-order valence-electron chi connectivity index (χ0n) is 12.7. The summed E-state index contributed by atoms with van der Waals surface area (Å²) < 4.78 is 39.3. The summed E-state index contributed by atoms with van der Waals surface area (Å²) in [7, 11) is 0. The molecule has 0 radical (unpaired) electrons. The van der Waals surface area contributed by atoms with Gasteiger partial charge in [-0.25, -0.2) is 4.39 Å². The highest BCUT2D eigenvalue weighted by molar-refractivity contribution is 5.55. The molecule has 1 aliphatic rings. The van der Waals surface area contributed by atoms with E-state index < -0.39 is 67.8 Å². The molecule has 108 valence electrons. The summed E-state index contributed by atoms with van der Waals surface area (Å²) in [4.78, 5) is 32.3. The van der Waals surface area contributed by atoms with Gasteiger partial charge in [0, 0.05) is 12.8 Å². The van der Waals surface area contributed by atoms with Crippen LogP contribution in [0.3, 0.4) is 0 Å². The summed E-state index contributed by atoms with van der Waals surface area (Å²) in [6.07, 6.45) is -14.2. The van der Waals surface area contributed by atoms with Crippen molar-refractivity contribution in [2.45, 2.75) is 49.0 Å². The molecule has 5 atom stereocenters. The molecular formula is C11H15FO7. The Morgan fingerprint density at radius 2 is 1.84 bits per heavy atom. The Morgan fingerprint density at radius 1 is 1.26 bits per heavy atom. The summed E-state index contributed by atoms with van der Waals surface area (Å²) in [5.41, 5.74) is -2.88. The number of hydrogen-bond acceptors (Lipinski definition) is 7. The zero-order chi connectivity index (χ0) is 17.3. The Labute approximate surface area is 112 Å². The minimum atomic E-state index is -2.99. The van der Waals surface area contributed by atoms with E-state index in [1.54, 1.807) is 0 Å². The number of rotatable bonds is 7. The average Bonchev–Trinajstić information content (AvgIpc) is 2.48. The molecule has 0 bridgehead atoms. The molecule has 8 heteroatoms. The maximum absolute atomic E-state index is 14.4. The maximum Gasteiger partial charge on any atom is 0.207 e. The lowest BCUT2D eigenvalue weighted by Crippen LogP contribution is -2.52. The van der Waals surface area contributed by atoms with Crippen LogP contribution in [0.15, 0.2) is 0 Å². The molecule has 1 heterocycles. The van der Waals surface area contributed by atoms with Gasteiger partial charge in [0.25, 0.3) is 0 Å². The van der Waals surface area contributed by atoms with Crippen LogP contribution < -0.4 is 0 Å². The third-order valence-corrected chi connectivity index (χ3v) is 2.98. The van der Waals surface area contributed by atoms with E-state index in [1.165, 1.54) is 0 Å². The van der Waals surface area contributed by atoms with Crippen LogP contribution in [0.1, 0.15) is 23.4 Å². The number of aliphatic hydroxyl groups excluding tert-OH is 1. The van der Waals surface area contributed by atoms with E-state index >= 15 is 0 Å². The summed E-state index contributed by atoms with van der Waals surface area (Å²) >= 11 is 0. The monoisotopic (exact) mass is 281 g/mol. The van der Waals surface area contributed by atoms with Gasteiger partial charge in [0.1, 0.15) is 34.6 Å². The van der Waals surface area contributed by atoms with E-state index in [4.69, 9.17) is 8.85 Å². The molecule has 2 unspecified atom stereocenters. The SMILES string of the molecule is [2H]C(=O)CC(O)[C@H]1OC(O)(CC([2H])=O)[C@@H](F)[C@@]1(O)CC([2H])=O. The lowest BCUT2D eigenvalue weighted by Gasteiger charge is -2.30. The predicted octanol–water partition coefficient (Wildman–Crippen LogP) is -1.73. The van der Waals surface area contributed by atoms with Gasteiger partial charge in [0.2, 0.25) is 5.79 Å². The molecule has 0 amide bonds. The standard InChI is InChI=1S/C11H15FO7/c12-9-10(17,2-5-14)8(7(16)1-4-13)19-11(9,18)3-6-15/h4-9,16-18H,1-3H2/t7?,8-,9+,10-,11?/m1/s1/i4D,5D,6D. The molecule has 1 fully saturated rings. The molecule has 1 aliphatic heterocycles. The first-order valence-electron chi connectivity index (χ1n) is 6.85. The van der Waals surface area contributed by atoms with Crippen molar-refractivity contribution in [1.82, 2.24) is 0 Å². The van der Waals surface area contributed by atoms with E-state index in [0.717, 1.165) is 0 Å². The van der Waals surface area contributed by atoms with Crippen molar-refractivity contribution in [2.75, 3.05) is 0 Å². The highest BCUT2D eigenvalue weighted by Gasteiger charge is 2.65. The van der Waals surface area contributed by atoms with E-state index in [9.17, 15) is 34.1 Å². The van der Waals surface area contributed by atoms with Gasteiger partial charge in [-0.3, -0.25) is 0 Å². The van der Waals surface area contributed by atoms with Crippen molar-refractivity contribution < 1.29 is 42.9 Å². The molecule has 3 N–H and O–H groups in total. The molecule has 7 nitrogen and oxygen atoms in total. The highest BCUT2D eigenvalue weighted by atomic mass is 19.1. The molecule has 0 aromatic heterocycles. The maximum atomic E-state index is 14.4. The van der Waals surface area contributed by atoms with Crippen molar-refractivity contribution in [2.24, 2.45) is 0 Å². The fraction of sp³-hybridized carbons (Fsp3) is 0.727. The Hall–Kier alpha value is -1.22. The van der Waals surface area contributed by atoms with Gasteiger partial charge >= 0.3 is 0 Å². The molecule has 1 saturated heterocycles. The smallest absolute Gasteiger partial charge is 0.207 e. The zero-order valence-corrected chi connectivity index (χ0v) is 9.71. The van der Waals surface area contributed by atoms with Crippen LogP contribution in [0.5, 0.6) is 0 Å². The summed E-state index contributed by atoms with van der Waals surface area (Å²) in [6, 6.07) is 0. The summed E-state index contributed by atoms with van der Waals surface area (Å²) in [6.45, 7) is 0. The molecule has 0 aliphatic carbocycles. The van der Waals surface area contributed by atoms with Gasteiger partial charge in [-0.05, 0) is 0 Å². The third kappa shape index (κ3) is 2.71. The number of ether oxygens (including phenoxy) is 1. The van der Waals surface area contributed by atoms with Crippen LogP contribution in [0.25, 0.3) is 0 Å². The van der Waals surface area contributed by atoms with Crippen molar-refractivity contribution >= 4 is 18.8 Å². The highest BCUT2D eigenvalue weighted by Crippen LogP contribution is 2.44. The minimum Gasteiger partial charge on any atom is -0.390 e. The largest absolute Gasteiger partial charge is 0.390 e. The van der Waals surface area contributed by atoms with Crippen molar-refractivity contribution in [1.29, 1.82) is 0 Å². The van der Waals surface area contributed by atoms with Gasteiger partial charge in [0.15, 0.2) is 6.17 Å². The first kappa shape index (κ1) is 11.6. The first-order chi connectivity index (χ1) is 9.92. The molecule has 0 aromatic carbocycles. The second-order valence-electron chi connectivity index (χ2n) is 4.30. The van der Waals surface area contributed by atoms with Gasteiger partial charge in [0.05, 0.1) is 12.5 Å². The number of carbonyl (C=O) groups is 3. The average molecular weight is 281 g/mol. The topological polar surface area (TPSA) is 121 Å². The molecule has 0 aromatic rings. The molecule has 19 heavy (non-hydrogen) atoms. The van der Waals surface area contributed by atoms with Gasteiger partial charge in [-0.2, -0.15) is 0 Å². The number of aliphatic hydroxyl groups is 3. The number of carbonyl (C=O) groups excluding carboxylic acids is 3. The van der Waals surface area contributed by atoms with Crippen LogP contribution in [0.4, 0.5) is 4.39 Å². The van der Waals surface area contributed by atoms with E-state index in [1.807, 2.05) is 0 Å². The van der Waals surface area contributed by atoms with Gasteiger partial charge in [-0.1, -0.05) is 0 Å². The van der Waals surface area contributed by atoms with E-state index in [0.29, 0.717) is 0 Å².